The number of furan rings is 1. The van der Waals surface area contributed by atoms with Gasteiger partial charge in [0.05, 0.1) is 26.0 Å². The van der Waals surface area contributed by atoms with Gasteiger partial charge in [-0.2, -0.15) is 0 Å². The lowest BCUT2D eigenvalue weighted by molar-refractivity contribution is 0.0935. The highest BCUT2D eigenvalue weighted by atomic mass is 16.5. The largest absolute Gasteiger partial charge is 0.493 e. The van der Waals surface area contributed by atoms with Crippen molar-refractivity contribution in [3.05, 3.63) is 47.9 Å². The first-order valence-corrected chi connectivity index (χ1v) is 6.70. The van der Waals surface area contributed by atoms with E-state index in [-0.39, 0.29) is 11.9 Å². The minimum Gasteiger partial charge on any atom is -0.493 e. The van der Waals surface area contributed by atoms with E-state index in [9.17, 15) is 4.79 Å². The van der Waals surface area contributed by atoms with Gasteiger partial charge in [-0.25, -0.2) is 0 Å². The molecule has 0 fully saturated rings. The van der Waals surface area contributed by atoms with Crippen LogP contribution in [0.1, 0.15) is 23.0 Å². The Kier molecular flexibility index (Phi) is 4.87. The molecule has 1 heterocycles. The monoisotopic (exact) mass is 289 g/mol. The molecule has 1 aromatic heterocycles. The predicted molar refractivity (Wildman–Crippen MR) is 78.9 cm³/mol. The maximum atomic E-state index is 12.4. The zero-order chi connectivity index (χ0) is 15.2. The van der Waals surface area contributed by atoms with Crippen LogP contribution in [-0.4, -0.2) is 26.2 Å². The summed E-state index contributed by atoms with van der Waals surface area (Å²) in [7, 11) is 3.06. The maximum absolute atomic E-state index is 12.4. The van der Waals surface area contributed by atoms with Crippen molar-refractivity contribution in [2.24, 2.45) is 0 Å². The molecular formula is C16H19NO4. The van der Waals surface area contributed by atoms with Crippen molar-refractivity contribution >= 4 is 5.91 Å². The number of carbonyl (C=O) groups is 1. The van der Waals surface area contributed by atoms with Crippen molar-refractivity contribution in [3.8, 4) is 11.5 Å². The fraction of sp³-hybridized carbons (Fsp3) is 0.312. The molecule has 5 heteroatoms. The van der Waals surface area contributed by atoms with Gasteiger partial charge in [0, 0.05) is 12.5 Å². The van der Waals surface area contributed by atoms with Gasteiger partial charge >= 0.3 is 0 Å². The summed E-state index contributed by atoms with van der Waals surface area (Å²) in [6.07, 6.45) is 2.25. The Labute approximate surface area is 123 Å². The number of hydrogen-bond acceptors (Lipinski definition) is 4. The number of para-hydroxylation sites is 1. The summed E-state index contributed by atoms with van der Waals surface area (Å²) in [6, 6.07) is 8.87. The summed E-state index contributed by atoms with van der Waals surface area (Å²) in [6.45, 7) is 1.92. The molecule has 0 saturated carbocycles. The highest BCUT2D eigenvalue weighted by Gasteiger charge is 2.18. The summed E-state index contributed by atoms with van der Waals surface area (Å²) in [5, 5.41) is 2.93. The smallest absolute Gasteiger partial charge is 0.255 e. The van der Waals surface area contributed by atoms with Gasteiger partial charge in [-0.05, 0) is 31.2 Å². The number of rotatable bonds is 6. The highest BCUT2D eigenvalue weighted by molar-refractivity contribution is 5.98. The van der Waals surface area contributed by atoms with Gasteiger partial charge in [0.15, 0.2) is 11.5 Å². The first kappa shape index (κ1) is 15.0. The number of ether oxygens (including phenoxy) is 2. The molecule has 5 nitrogen and oxygen atoms in total. The molecule has 0 radical (unpaired) electrons. The van der Waals surface area contributed by atoms with Gasteiger partial charge in [-0.3, -0.25) is 4.79 Å². The Bertz CT molecular complexity index is 592. The third-order valence-electron chi connectivity index (χ3n) is 3.11. The second kappa shape index (κ2) is 6.83. The van der Waals surface area contributed by atoms with Crippen LogP contribution >= 0.6 is 0 Å². The lowest BCUT2D eigenvalue weighted by atomic mass is 10.1. The van der Waals surface area contributed by atoms with Gasteiger partial charge in [0.1, 0.15) is 5.76 Å². The van der Waals surface area contributed by atoms with Gasteiger partial charge in [0.25, 0.3) is 5.91 Å². The normalized spacial score (nSPS) is 11.8. The lowest BCUT2D eigenvalue weighted by Gasteiger charge is -2.15. The third-order valence-corrected chi connectivity index (χ3v) is 3.11. The fourth-order valence-electron chi connectivity index (χ4n) is 2.15. The van der Waals surface area contributed by atoms with E-state index in [2.05, 4.69) is 5.32 Å². The number of amides is 1. The van der Waals surface area contributed by atoms with Crippen molar-refractivity contribution in [3.63, 3.8) is 0 Å². The number of methoxy groups -OCH3 is 2. The van der Waals surface area contributed by atoms with Crippen LogP contribution in [0.15, 0.2) is 41.0 Å². The highest BCUT2D eigenvalue weighted by Crippen LogP contribution is 2.30. The first-order chi connectivity index (χ1) is 10.2. The molecule has 0 aliphatic heterocycles. The van der Waals surface area contributed by atoms with Gasteiger partial charge in [-0.1, -0.05) is 6.07 Å². The molecule has 1 atom stereocenters. The van der Waals surface area contributed by atoms with Crippen LogP contribution in [-0.2, 0) is 6.42 Å². The van der Waals surface area contributed by atoms with Gasteiger partial charge < -0.3 is 19.2 Å². The minimum absolute atomic E-state index is 0.0560. The van der Waals surface area contributed by atoms with E-state index in [1.54, 1.807) is 31.6 Å². The number of hydrogen-bond donors (Lipinski definition) is 1. The molecule has 2 rings (SSSR count). The van der Waals surface area contributed by atoms with E-state index in [4.69, 9.17) is 13.9 Å². The van der Waals surface area contributed by atoms with Crippen molar-refractivity contribution in [2.45, 2.75) is 19.4 Å². The van der Waals surface area contributed by atoms with E-state index in [1.165, 1.54) is 7.11 Å². The number of nitrogens with one attached hydrogen (secondary N) is 1. The van der Waals surface area contributed by atoms with Crippen LogP contribution in [0.3, 0.4) is 0 Å². The van der Waals surface area contributed by atoms with Crippen LogP contribution in [0.2, 0.25) is 0 Å². The molecule has 21 heavy (non-hydrogen) atoms. The maximum Gasteiger partial charge on any atom is 0.255 e. The molecule has 1 aromatic carbocycles. The summed E-state index contributed by atoms with van der Waals surface area (Å²) in [5.74, 6) is 1.59. The lowest BCUT2D eigenvalue weighted by Crippen LogP contribution is -2.34. The van der Waals surface area contributed by atoms with E-state index in [1.807, 2.05) is 19.1 Å². The molecule has 0 aliphatic rings. The number of benzene rings is 1. The van der Waals surface area contributed by atoms with Crippen LogP contribution < -0.4 is 14.8 Å². The molecule has 1 N–H and O–H groups in total. The zero-order valence-electron chi connectivity index (χ0n) is 12.4. The van der Waals surface area contributed by atoms with Crippen LogP contribution in [0.5, 0.6) is 11.5 Å². The quantitative estimate of drug-likeness (QED) is 0.888. The molecule has 1 unspecified atom stereocenters. The Morgan fingerprint density at radius 2 is 2.05 bits per heavy atom. The standard InChI is InChI=1S/C16H19NO4/c1-11(10-12-6-5-9-21-12)17-16(18)13-7-4-8-14(19-2)15(13)20-3/h4-9,11H,10H2,1-3H3,(H,17,18). The molecule has 0 saturated heterocycles. The predicted octanol–water partition coefficient (Wildman–Crippen LogP) is 2.66. The molecule has 0 bridgehead atoms. The molecule has 0 spiro atoms. The third kappa shape index (κ3) is 3.56. The van der Waals surface area contributed by atoms with Crippen molar-refractivity contribution in [1.82, 2.24) is 5.32 Å². The second-order valence-corrected chi connectivity index (χ2v) is 4.70. The van der Waals surface area contributed by atoms with Crippen LogP contribution in [0.25, 0.3) is 0 Å². The van der Waals surface area contributed by atoms with Crippen molar-refractivity contribution in [2.75, 3.05) is 14.2 Å². The van der Waals surface area contributed by atoms with Gasteiger partial charge in [-0.15, -0.1) is 0 Å². The molecule has 112 valence electrons. The summed E-state index contributed by atoms with van der Waals surface area (Å²) in [5.41, 5.74) is 0.447. The summed E-state index contributed by atoms with van der Waals surface area (Å²) in [4.78, 5) is 12.4. The molecular weight excluding hydrogens is 270 g/mol. The zero-order valence-corrected chi connectivity index (χ0v) is 12.4. The molecule has 0 aliphatic carbocycles. The fourth-order valence-corrected chi connectivity index (χ4v) is 2.15. The Hall–Kier alpha value is -2.43. The average Bonchev–Trinajstić information content (AvgIpc) is 2.98. The van der Waals surface area contributed by atoms with Crippen molar-refractivity contribution < 1.29 is 18.7 Å². The topological polar surface area (TPSA) is 60.7 Å². The van der Waals surface area contributed by atoms with Gasteiger partial charge in [0.2, 0.25) is 0 Å². The van der Waals surface area contributed by atoms with E-state index >= 15 is 0 Å². The molecule has 2 aromatic rings. The van der Waals surface area contributed by atoms with Crippen molar-refractivity contribution in [1.29, 1.82) is 0 Å². The summed E-state index contributed by atoms with van der Waals surface area (Å²) >= 11 is 0. The van der Waals surface area contributed by atoms with Crippen LogP contribution in [0.4, 0.5) is 0 Å². The SMILES string of the molecule is COc1cccc(C(=O)NC(C)Cc2ccco2)c1OC. The minimum atomic E-state index is -0.204. The average molecular weight is 289 g/mol. The Morgan fingerprint density at radius 3 is 2.67 bits per heavy atom. The van der Waals surface area contributed by atoms with E-state index in [0.29, 0.717) is 23.5 Å². The summed E-state index contributed by atoms with van der Waals surface area (Å²) < 4.78 is 15.7. The van der Waals surface area contributed by atoms with E-state index < -0.39 is 0 Å². The second-order valence-electron chi connectivity index (χ2n) is 4.70. The van der Waals surface area contributed by atoms with Crippen LogP contribution in [0, 0.1) is 0 Å². The first-order valence-electron chi connectivity index (χ1n) is 6.70. The van der Waals surface area contributed by atoms with E-state index in [0.717, 1.165) is 5.76 Å². The number of carbonyl (C=O) groups excluding carboxylic acids is 1. The Morgan fingerprint density at radius 1 is 1.24 bits per heavy atom. The molecule has 1 amide bonds. The Balaban J connectivity index is 2.09.